The summed E-state index contributed by atoms with van der Waals surface area (Å²) in [6, 6.07) is 6.65. The topological polar surface area (TPSA) is 55.1 Å². The maximum Gasteiger partial charge on any atom is 0.220 e. The van der Waals surface area contributed by atoms with E-state index in [0.717, 1.165) is 0 Å². The standard InChI is InChI=1S/C15H21FN2O.ClH/c1-10(12-4-2-3-5-13(12)16)8-15(19)18-9-14(17)11-6-7-11;/h2-5,10-11,14H,6-9,17H2,1H3,(H,18,19);1H. The molecular weight excluding hydrogens is 279 g/mol. The molecule has 5 heteroatoms. The van der Waals surface area contributed by atoms with Crippen molar-refractivity contribution < 1.29 is 9.18 Å². The van der Waals surface area contributed by atoms with Gasteiger partial charge in [-0.15, -0.1) is 12.4 Å². The van der Waals surface area contributed by atoms with E-state index in [4.69, 9.17) is 5.73 Å². The molecule has 0 radical (unpaired) electrons. The Balaban J connectivity index is 0.00000200. The molecule has 0 saturated heterocycles. The molecule has 112 valence electrons. The van der Waals surface area contributed by atoms with E-state index in [1.54, 1.807) is 18.2 Å². The predicted molar refractivity (Wildman–Crippen MR) is 80.4 cm³/mol. The molecule has 0 bridgehead atoms. The van der Waals surface area contributed by atoms with Gasteiger partial charge in [-0.3, -0.25) is 4.79 Å². The highest BCUT2D eigenvalue weighted by Gasteiger charge is 2.28. The van der Waals surface area contributed by atoms with Gasteiger partial charge in [-0.1, -0.05) is 25.1 Å². The number of hydrogen-bond acceptors (Lipinski definition) is 2. The molecule has 3 nitrogen and oxygen atoms in total. The van der Waals surface area contributed by atoms with E-state index < -0.39 is 0 Å². The fourth-order valence-corrected chi connectivity index (χ4v) is 2.26. The first-order valence-electron chi connectivity index (χ1n) is 6.84. The van der Waals surface area contributed by atoms with Crippen LogP contribution in [0.2, 0.25) is 0 Å². The second-order valence-electron chi connectivity index (χ2n) is 5.43. The number of halogens is 2. The Kier molecular flexibility index (Phi) is 6.43. The summed E-state index contributed by atoms with van der Waals surface area (Å²) in [5.74, 6) is 0.131. The van der Waals surface area contributed by atoms with Crippen LogP contribution in [0.5, 0.6) is 0 Å². The number of amides is 1. The van der Waals surface area contributed by atoms with Crippen LogP contribution in [0.15, 0.2) is 24.3 Å². The molecular formula is C15H22ClFN2O. The Morgan fingerprint density at radius 2 is 2.10 bits per heavy atom. The number of nitrogens with two attached hydrogens (primary N) is 1. The van der Waals surface area contributed by atoms with Crippen LogP contribution in [0.1, 0.15) is 37.7 Å². The lowest BCUT2D eigenvalue weighted by Gasteiger charge is -2.15. The van der Waals surface area contributed by atoms with Gasteiger partial charge in [0.25, 0.3) is 0 Å². The van der Waals surface area contributed by atoms with Crippen molar-refractivity contribution in [3.05, 3.63) is 35.6 Å². The van der Waals surface area contributed by atoms with Crippen LogP contribution in [-0.4, -0.2) is 18.5 Å². The van der Waals surface area contributed by atoms with Gasteiger partial charge < -0.3 is 11.1 Å². The third-order valence-electron chi connectivity index (χ3n) is 3.69. The van der Waals surface area contributed by atoms with E-state index in [9.17, 15) is 9.18 Å². The summed E-state index contributed by atoms with van der Waals surface area (Å²) >= 11 is 0. The second kappa shape index (κ2) is 7.60. The Bertz CT molecular complexity index is 451. The van der Waals surface area contributed by atoms with Crippen LogP contribution in [0.3, 0.4) is 0 Å². The van der Waals surface area contributed by atoms with Crippen molar-refractivity contribution >= 4 is 18.3 Å². The van der Waals surface area contributed by atoms with Crippen LogP contribution >= 0.6 is 12.4 Å². The maximum absolute atomic E-state index is 13.6. The molecule has 1 aromatic rings. The van der Waals surface area contributed by atoms with Crippen LogP contribution in [0.4, 0.5) is 4.39 Å². The third-order valence-corrected chi connectivity index (χ3v) is 3.69. The molecule has 1 aliphatic carbocycles. The summed E-state index contributed by atoms with van der Waals surface area (Å²) in [4.78, 5) is 11.8. The summed E-state index contributed by atoms with van der Waals surface area (Å²) < 4.78 is 13.6. The van der Waals surface area contributed by atoms with Crippen molar-refractivity contribution in [2.45, 2.75) is 38.1 Å². The van der Waals surface area contributed by atoms with Crippen LogP contribution in [0.25, 0.3) is 0 Å². The summed E-state index contributed by atoms with van der Waals surface area (Å²) in [6.45, 7) is 2.38. The number of nitrogens with one attached hydrogen (secondary N) is 1. The van der Waals surface area contributed by atoms with Gasteiger partial charge in [0.05, 0.1) is 0 Å². The zero-order valence-corrected chi connectivity index (χ0v) is 12.5. The average Bonchev–Trinajstić information content (AvgIpc) is 3.20. The minimum Gasteiger partial charge on any atom is -0.355 e. The Morgan fingerprint density at radius 3 is 2.70 bits per heavy atom. The molecule has 1 saturated carbocycles. The molecule has 0 aliphatic heterocycles. The van der Waals surface area contributed by atoms with Gasteiger partial charge in [0.2, 0.25) is 5.91 Å². The fourth-order valence-electron chi connectivity index (χ4n) is 2.26. The number of rotatable bonds is 6. The first-order chi connectivity index (χ1) is 9.08. The Morgan fingerprint density at radius 1 is 1.45 bits per heavy atom. The number of hydrogen-bond donors (Lipinski definition) is 2. The average molecular weight is 301 g/mol. The highest BCUT2D eigenvalue weighted by atomic mass is 35.5. The van der Waals surface area contributed by atoms with Gasteiger partial charge in [-0.2, -0.15) is 0 Å². The van der Waals surface area contributed by atoms with E-state index in [0.29, 0.717) is 24.4 Å². The van der Waals surface area contributed by atoms with E-state index in [2.05, 4.69) is 5.32 Å². The molecule has 20 heavy (non-hydrogen) atoms. The highest BCUT2D eigenvalue weighted by molar-refractivity contribution is 5.85. The predicted octanol–water partition coefficient (Wildman–Crippen LogP) is 2.59. The summed E-state index contributed by atoms with van der Waals surface area (Å²) in [5, 5.41) is 2.84. The second-order valence-corrected chi connectivity index (χ2v) is 5.43. The molecule has 1 aliphatic rings. The van der Waals surface area contributed by atoms with Crippen molar-refractivity contribution in [3.8, 4) is 0 Å². The lowest BCUT2D eigenvalue weighted by molar-refractivity contribution is -0.121. The molecule has 3 N–H and O–H groups in total. The molecule has 0 heterocycles. The molecule has 2 atom stereocenters. The van der Waals surface area contributed by atoms with E-state index >= 15 is 0 Å². The maximum atomic E-state index is 13.6. The van der Waals surface area contributed by atoms with Crippen molar-refractivity contribution in [2.24, 2.45) is 11.7 Å². The lowest BCUT2D eigenvalue weighted by atomic mass is 9.97. The van der Waals surface area contributed by atoms with Gasteiger partial charge in [-0.25, -0.2) is 4.39 Å². The third kappa shape index (κ3) is 4.76. The summed E-state index contributed by atoms with van der Waals surface area (Å²) in [7, 11) is 0. The van der Waals surface area contributed by atoms with Gasteiger partial charge in [0.15, 0.2) is 0 Å². The van der Waals surface area contributed by atoms with E-state index in [1.807, 2.05) is 6.92 Å². The largest absolute Gasteiger partial charge is 0.355 e. The molecule has 0 aromatic heterocycles. The van der Waals surface area contributed by atoms with Gasteiger partial charge >= 0.3 is 0 Å². The Hall–Kier alpha value is -1.13. The van der Waals surface area contributed by atoms with Crippen molar-refractivity contribution in [2.75, 3.05) is 6.54 Å². The number of carbonyl (C=O) groups excluding carboxylic acids is 1. The van der Waals surface area contributed by atoms with Crippen molar-refractivity contribution in [1.82, 2.24) is 5.32 Å². The molecule has 2 unspecified atom stereocenters. The molecule has 1 fully saturated rings. The molecule has 1 amide bonds. The zero-order chi connectivity index (χ0) is 13.8. The fraction of sp³-hybridized carbons (Fsp3) is 0.533. The monoisotopic (exact) mass is 300 g/mol. The minimum atomic E-state index is -0.252. The molecule has 0 spiro atoms. The lowest BCUT2D eigenvalue weighted by Crippen LogP contribution is -2.38. The van der Waals surface area contributed by atoms with Gasteiger partial charge in [0.1, 0.15) is 5.82 Å². The molecule has 2 rings (SSSR count). The summed E-state index contributed by atoms with van der Waals surface area (Å²) in [6.07, 6.45) is 2.63. The number of benzene rings is 1. The SMILES string of the molecule is CC(CC(=O)NCC(N)C1CC1)c1ccccc1F.Cl. The smallest absolute Gasteiger partial charge is 0.220 e. The first kappa shape index (κ1) is 16.9. The van der Waals surface area contributed by atoms with E-state index in [-0.39, 0.29) is 36.1 Å². The highest BCUT2D eigenvalue weighted by Crippen LogP contribution is 2.31. The van der Waals surface area contributed by atoms with Gasteiger partial charge in [-0.05, 0) is 36.3 Å². The number of carbonyl (C=O) groups is 1. The normalized spacial score (nSPS) is 16.9. The van der Waals surface area contributed by atoms with Crippen LogP contribution < -0.4 is 11.1 Å². The summed E-state index contributed by atoms with van der Waals surface area (Å²) in [5.41, 5.74) is 6.51. The molecule has 1 aromatic carbocycles. The van der Waals surface area contributed by atoms with Crippen molar-refractivity contribution in [3.63, 3.8) is 0 Å². The first-order valence-corrected chi connectivity index (χ1v) is 6.84. The minimum absolute atomic E-state index is 0. The van der Waals surface area contributed by atoms with E-state index in [1.165, 1.54) is 18.9 Å². The van der Waals surface area contributed by atoms with Crippen LogP contribution in [-0.2, 0) is 4.79 Å². The Labute approximate surface area is 125 Å². The zero-order valence-electron chi connectivity index (χ0n) is 11.6. The van der Waals surface area contributed by atoms with Crippen molar-refractivity contribution in [1.29, 1.82) is 0 Å². The quantitative estimate of drug-likeness (QED) is 0.848. The van der Waals surface area contributed by atoms with Crippen LogP contribution in [0, 0.1) is 11.7 Å². The van der Waals surface area contributed by atoms with Gasteiger partial charge in [0, 0.05) is 19.0 Å².